The zero-order chi connectivity index (χ0) is 12.0. The van der Waals surface area contributed by atoms with Crippen molar-refractivity contribution in [2.75, 3.05) is 6.54 Å². The van der Waals surface area contributed by atoms with Crippen molar-refractivity contribution in [2.24, 2.45) is 5.92 Å². The van der Waals surface area contributed by atoms with Crippen LogP contribution < -0.4 is 5.32 Å². The van der Waals surface area contributed by atoms with Gasteiger partial charge in [-0.15, -0.1) is 11.3 Å². The molecule has 3 heteroatoms. The van der Waals surface area contributed by atoms with Crippen LogP contribution in [0.3, 0.4) is 0 Å². The minimum atomic E-state index is 0.0802. The van der Waals surface area contributed by atoms with E-state index in [0.29, 0.717) is 5.92 Å². The number of rotatable bonds is 6. The summed E-state index contributed by atoms with van der Waals surface area (Å²) in [4.78, 5) is 13.9. The smallest absolute Gasteiger partial charge is 0.261 e. The first-order valence-electron chi connectivity index (χ1n) is 6.08. The third-order valence-corrected chi connectivity index (χ3v) is 4.17. The lowest BCUT2D eigenvalue weighted by Gasteiger charge is -2.12. The van der Waals surface area contributed by atoms with E-state index >= 15 is 0 Å². The molecule has 16 heavy (non-hydrogen) atoms. The van der Waals surface area contributed by atoms with E-state index in [2.05, 4.69) is 26.1 Å². The Morgan fingerprint density at radius 3 is 2.50 bits per heavy atom. The van der Waals surface area contributed by atoms with Gasteiger partial charge in [0.15, 0.2) is 0 Å². The second-order valence-electron chi connectivity index (χ2n) is 4.01. The topological polar surface area (TPSA) is 29.1 Å². The van der Waals surface area contributed by atoms with Gasteiger partial charge in [-0.2, -0.15) is 0 Å². The Kier molecular flexibility index (Phi) is 5.53. The number of carbonyl (C=O) groups is 1. The van der Waals surface area contributed by atoms with Gasteiger partial charge in [-0.1, -0.05) is 33.6 Å². The minimum absolute atomic E-state index is 0.0802. The predicted octanol–water partition coefficient (Wildman–Crippen LogP) is 3.48. The van der Waals surface area contributed by atoms with Crippen LogP contribution in [0.4, 0.5) is 0 Å². The van der Waals surface area contributed by atoms with E-state index in [1.54, 1.807) is 11.3 Å². The van der Waals surface area contributed by atoms with Gasteiger partial charge in [-0.05, 0) is 24.5 Å². The lowest BCUT2D eigenvalue weighted by atomic mass is 10.0. The van der Waals surface area contributed by atoms with Gasteiger partial charge in [-0.25, -0.2) is 0 Å². The van der Waals surface area contributed by atoms with E-state index in [9.17, 15) is 4.79 Å². The summed E-state index contributed by atoms with van der Waals surface area (Å²) < 4.78 is 0. The van der Waals surface area contributed by atoms with Crippen molar-refractivity contribution in [3.63, 3.8) is 0 Å². The summed E-state index contributed by atoms with van der Waals surface area (Å²) in [6, 6.07) is 3.96. The van der Waals surface area contributed by atoms with E-state index in [4.69, 9.17) is 0 Å². The van der Waals surface area contributed by atoms with Crippen LogP contribution >= 0.6 is 11.3 Å². The molecule has 0 aromatic carbocycles. The molecule has 0 aliphatic rings. The summed E-state index contributed by atoms with van der Waals surface area (Å²) in [5.74, 6) is 0.686. The number of amides is 1. The molecule has 0 atom stereocenters. The number of hydrogen-bond acceptors (Lipinski definition) is 2. The van der Waals surface area contributed by atoms with Crippen LogP contribution in [0, 0.1) is 5.92 Å². The van der Waals surface area contributed by atoms with E-state index < -0.39 is 0 Å². The molecular formula is C13H21NOS. The highest BCUT2D eigenvalue weighted by Gasteiger charge is 2.10. The Labute approximate surface area is 102 Å². The molecule has 0 aliphatic heterocycles. The van der Waals surface area contributed by atoms with E-state index in [0.717, 1.165) is 30.7 Å². The molecule has 0 fully saturated rings. The van der Waals surface area contributed by atoms with E-state index in [1.807, 2.05) is 12.1 Å². The second-order valence-corrected chi connectivity index (χ2v) is 5.18. The van der Waals surface area contributed by atoms with Crippen molar-refractivity contribution in [1.29, 1.82) is 0 Å². The zero-order valence-electron chi connectivity index (χ0n) is 10.4. The maximum absolute atomic E-state index is 11.8. The fourth-order valence-corrected chi connectivity index (χ4v) is 2.46. The summed E-state index contributed by atoms with van der Waals surface area (Å²) in [5.41, 5.74) is 0. The molecule has 1 N–H and O–H groups in total. The fourth-order valence-electron chi connectivity index (χ4n) is 1.59. The largest absolute Gasteiger partial charge is 0.351 e. The van der Waals surface area contributed by atoms with Gasteiger partial charge in [0, 0.05) is 11.4 Å². The highest BCUT2D eigenvalue weighted by atomic mass is 32.1. The summed E-state index contributed by atoms with van der Waals surface area (Å²) in [7, 11) is 0. The molecule has 0 spiro atoms. The van der Waals surface area contributed by atoms with Crippen molar-refractivity contribution in [2.45, 2.75) is 40.0 Å². The summed E-state index contributed by atoms with van der Waals surface area (Å²) in [6.07, 6.45) is 3.26. The molecule has 1 amide bonds. The Morgan fingerprint density at radius 1 is 1.31 bits per heavy atom. The highest BCUT2D eigenvalue weighted by Crippen LogP contribution is 2.16. The van der Waals surface area contributed by atoms with Crippen molar-refractivity contribution in [1.82, 2.24) is 5.32 Å². The number of thiophene rings is 1. The second kappa shape index (κ2) is 6.69. The average molecular weight is 239 g/mol. The van der Waals surface area contributed by atoms with Crippen LogP contribution in [-0.4, -0.2) is 12.5 Å². The predicted molar refractivity (Wildman–Crippen MR) is 70.1 cm³/mol. The molecule has 0 radical (unpaired) electrons. The highest BCUT2D eigenvalue weighted by molar-refractivity contribution is 7.14. The van der Waals surface area contributed by atoms with Crippen molar-refractivity contribution < 1.29 is 4.79 Å². The fraction of sp³-hybridized carbons (Fsp3) is 0.615. The molecule has 0 aliphatic carbocycles. The number of carbonyl (C=O) groups excluding carboxylic acids is 1. The maximum atomic E-state index is 11.8. The Bertz CT molecular complexity index is 328. The summed E-state index contributed by atoms with van der Waals surface area (Å²) >= 11 is 1.60. The molecule has 1 rings (SSSR count). The van der Waals surface area contributed by atoms with Crippen molar-refractivity contribution in [3.05, 3.63) is 21.9 Å². The minimum Gasteiger partial charge on any atom is -0.351 e. The molecular weight excluding hydrogens is 218 g/mol. The summed E-state index contributed by atoms with van der Waals surface area (Å²) in [5, 5.41) is 3.01. The van der Waals surface area contributed by atoms with Crippen LogP contribution in [0.15, 0.2) is 12.1 Å². The van der Waals surface area contributed by atoms with Gasteiger partial charge in [0.05, 0.1) is 4.88 Å². The number of hydrogen-bond donors (Lipinski definition) is 1. The van der Waals surface area contributed by atoms with Gasteiger partial charge in [-0.3, -0.25) is 4.79 Å². The standard InChI is InChI=1S/C13H21NOS/c1-4-10(5-2)9-14-13(15)12-8-7-11(6-3)16-12/h7-8,10H,4-6,9H2,1-3H3,(H,14,15). The molecule has 1 aromatic rings. The van der Waals surface area contributed by atoms with Crippen LogP contribution in [0.1, 0.15) is 48.2 Å². The molecule has 0 saturated heterocycles. The number of aryl methyl sites for hydroxylation is 1. The van der Waals surface area contributed by atoms with E-state index in [1.165, 1.54) is 4.88 Å². The third kappa shape index (κ3) is 3.63. The molecule has 0 bridgehead atoms. The average Bonchev–Trinajstić information content (AvgIpc) is 2.78. The van der Waals surface area contributed by atoms with Gasteiger partial charge >= 0.3 is 0 Å². The molecule has 0 saturated carbocycles. The molecule has 1 aromatic heterocycles. The van der Waals surface area contributed by atoms with Crippen molar-refractivity contribution >= 4 is 17.2 Å². The van der Waals surface area contributed by atoms with Crippen LogP contribution in [0.5, 0.6) is 0 Å². The first kappa shape index (κ1) is 13.2. The van der Waals surface area contributed by atoms with E-state index in [-0.39, 0.29) is 5.91 Å². The van der Waals surface area contributed by atoms with Gasteiger partial charge < -0.3 is 5.32 Å². The lowest BCUT2D eigenvalue weighted by Crippen LogP contribution is -2.28. The number of nitrogens with one attached hydrogen (secondary N) is 1. The Hall–Kier alpha value is -0.830. The van der Waals surface area contributed by atoms with Crippen LogP contribution in [0.2, 0.25) is 0 Å². The molecule has 0 unspecified atom stereocenters. The van der Waals surface area contributed by atoms with Gasteiger partial charge in [0.2, 0.25) is 0 Å². The third-order valence-electron chi connectivity index (χ3n) is 2.94. The summed E-state index contributed by atoms with van der Waals surface area (Å²) in [6.45, 7) is 7.24. The Morgan fingerprint density at radius 2 is 2.00 bits per heavy atom. The monoisotopic (exact) mass is 239 g/mol. The SMILES string of the molecule is CCc1ccc(C(=O)NCC(CC)CC)s1. The quantitative estimate of drug-likeness (QED) is 0.809. The van der Waals surface area contributed by atoms with Crippen molar-refractivity contribution in [3.8, 4) is 0 Å². The first-order chi connectivity index (χ1) is 7.71. The zero-order valence-corrected chi connectivity index (χ0v) is 11.2. The molecule has 90 valence electrons. The normalized spacial score (nSPS) is 10.8. The van der Waals surface area contributed by atoms with Crippen LogP contribution in [0.25, 0.3) is 0 Å². The van der Waals surface area contributed by atoms with Gasteiger partial charge in [0.1, 0.15) is 0 Å². The lowest BCUT2D eigenvalue weighted by molar-refractivity contribution is 0.0950. The van der Waals surface area contributed by atoms with Gasteiger partial charge in [0.25, 0.3) is 5.91 Å². The maximum Gasteiger partial charge on any atom is 0.261 e. The molecule has 2 nitrogen and oxygen atoms in total. The Balaban J connectivity index is 2.46. The molecule has 1 heterocycles. The van der Waals surface area contributed by atoms with Crippen LogP contribution in [-0.2, 0) is 6.42 Å². The first-order valence-corrected chi connectivity index (χ1v) is 6.89.